The highest BCUT2D eigenvalue weighted by atomic mass is 32.2. The molecule has 8 heteroatoms. The summed E-state index contributed by atoms with van der Waals surface area (Å²) in [6, 6.07) is 19.1. The number of para-hydroxylation sites is 3. The molecule has 0 saturated heterocycles. The largest absolute Gasteiger partial charge is 0.495 e. The minimum absolute atomic E-state index is 0.156. The van der Waals surface area contributed by atoms with Crippen LogP contribution in [0.3, 0.4) is 0 Å². The predicted molar refractivity (Wildman–Crippen MR) is 122 cm³/mol. The number of nitrogens with zero attached hydrogens (tertiary/aromatic N) is 4. The fraction of sp³-hybridized carbons (Fsp3) is 0.130. The number of methoxy groups -OCH3 is 1. The molecule has 0 aliphatic carbocycles. The lowest BCUT2D eigenvalue weighted by Crippen LogP contribution is -2.15. The van der Waals surface area contributed by atoms with E-state index in [1.807, 2.05) is 60.0 Å². The average Bonchev–Trinajstić information content (AvgIpc) is 3.22. The summed E-state index contributed by atoms with van der Waals surface area (Å²) in [6.07, 6.45) is 3.47. The fourth-order valence-electron chi connectivity index (χ4n) is 3.14. The first-order chi connectivity index (χ1) is 15.2. The SMILES string of the molecule is COc1ccccc1NC(=O)CSc1nnc(-c2cccnc2)n1-c1ccccc1C. The van der Waals surface area contributed by atoms with Gasteiger partial charge in [0.25, 0.3) is 0 Å². The van der Waals surface area contributed by atoms with Crippen molar-refractivity contribution in [3.05, 3.63) is 78.6 Å². The van der Waals surface area contributed by atoms with Crippen LogP contribution in [0.15, 0.2) is 78.2 Å². The summed E-state index contributed by atoms with van der Waals surface area (Å²) < 4.78 is 7.26. The summed E-state index contributed by atoms with van der Waals surface area (Å²) >= 11 is 1.32. The Morgan fingerprint density at radius 3 is 2.65 bits per heavy atom. The molecular formula is C23H21N5O2S. The third-order valence-electron chi connectivity index (χ3n) is 4.62. The first kappa shape index (κ1) is 20.6. The lowest BCUT2D eigenvalue weighted by Gasteiger charge is -2.13. The highest BCUT2D eigenvalue weighted by Gasteiger charge is 2.19. The molecule has 2 heterocycles. The van der Waals surface area contributed by atoms with Crippen molar-refractivity contribution in [2.24, 2.45) is 0 Å². The number of benzene rings is 2. The van der Waals surface area contributed by atoms with Crippen molar-refractivity contribution in [1.82, 2.24) is 19.7 Å². The molecule has 1 amide bonds. The van der Waals surface area contributed by atoms with Crippen LogP contribution in [0.25, 0.3) is 17.1 Å². The molecule has 0 spiro atoms. The molecule has 156 valence electrons. The maximum absolute atomic E-state index is 12.6. The number of rotatable bonds is 7. The molecule has 4 aromatic rings. The third kappa shape index (κ3) is 4.59. The number of ether oxygens (including phenoxy) is 1. The second-order valence-electron chi connectivity index (χ2n) is 6.71. The van der Waals surface area contributed by atoms with E-state index in [0.29, 0.717) is 22.4 Å². The maximum Gasteiger partial charge on any atom is 0.234 e. The predicted octanol–water partition coefficient (Wildman–Crippen LogP) is 4.38. The summed E-state index contributed by atoms with van der Waals surface area (Å²) in [6.45, 7) is 2.03. The molecule has 0 fully saturated rings. The van der Waals surface area contributed by atoms with E-state index >= 15 is 0 Å². The Morgan fingerprint density at radius 2 is 1.87 bits per heavy atom. The van der Waals surface area contributed by atoms with E-state index < -0.39 is 0 Å². The molecule has 0 saturated carbocycles. The first-order valence-corrected chi connectivity index (χ1v) is 10.6. The summed E-state index contributed by atoms with van der Waals surface area (Å²) in [7, 11) is 1.57. The van der Waals surface area contributed by atoms with Crippen molar-refractivity contribution >= 4 is 23.4 Å². The van der Waals surface area contributed by atoms with E-state index in [-0.39, 0.29) is 11.7 Å². The average molecular weight is 432 g/mol. The molecule has 0 radical (unpaired) electrons. The van der Waals surface area contributed by atoms with Gasteiger partial charge in [0, 0.05) is 18.0 Å². The monoisotopic (exact) mass is 431 g/mol. The number of carbonyl (C=O) groups excluding carboxylic acids is 1. The zero-order chi connectivity index (χ0) is 21.6. The lowest BCUT2D eigenvalue weighted by atomic mass is 10.2. The Hall–Kier alpha value is -3.65. The van der Waals surface area contributed by atoms with E-state index in [1.54, 1.807) is 31.6 Å². The molecule has 4 rings (SSSR count). The van der Waals surface area contributed by atoms with Crippen LogP contribution in [0, 0.1) is 6.92 Å². The molecule has 0 atom stereocenters. The molecule has 0 unspecified atom stereocenters. The zero-order valence-electron chi connectivity index (χ0n) is 17.1. The Kier molecular flexibility index (Phi) is 6.28. The van der Waals surface area contributed by atoms with Crippen LogP contribution >= 0.6 is 11.8 Å². The van der Waals surface area contributed by atoms with Gasteiger partial charge in [-0.3, -0.25) is 14.3 Å². The molecule has 7 nitrogen and oxygen atoms in total. The van der Waals surface area contributed by atoms with Gasteiger partial charge in [-0.05, 0) is 42.8 Å². The number of hydrogen-bond acceptors (Lipinski definition) is 6. The Morgan fingerprint density at radius 1 is 1.06 bits per heavy atom. The fourth-order valence-corrected chi connectivity index (χ4v) is 3.89. The number of aryl methyl sites for hydroxylation is 1. The highest BCUT2D eigenvalue weighted by Crippen LogP contribution is 2.29. The summed E-state index contributed by atoms with van der Waals surface area (Å²) in [5, 5.41) is 12.3. The first-order valence-electron chi connectivity index (χ1n) is 9.65. The van der Waals surface area contributed by atoms with E-state index in [9.17, 15) is 4.79 Å². The number of thioether (sulfide) groups is 1. The second kappa shape index (κ2) is 9.44. The molecule has 0 aliphatic rings. The van der Waals surface area contributed by atoms with Gasteiger partial charge in [0.05, 0.1) is 24.2 Å². The molecule has 31 heavy (non-hydrogen) atoms. The molecule has 2 aromatic heterocycles. The van der Waals surface area contributed by atoms with Gasteiger partial charge in [-0.1, -0.05) is 42.1 Å². The number of carbonyl (C=O) groups is 1. The molecule has 0 aliphatic heterocycles. The highest BCUT2D eigenvalue weighted by molar-refractivity contribution is 7.99. The van der Waals surface area contributed by atoms with E-state index in [1.165, 1.54) is 11.8 Å². The van der Waals surface area contributed by atoms with Crippen molar-refractivity contribution < 1.29 is 9.53 Å². The zero-order valence-corrected chi connectivity index (χ0v) is 18.0. The van der Waals surface area contributed by atoms with Gasteiger partial charge in [0.1, 0.15) is 5.75 Å². The molecular weight excluding hydrogens is 410 g/mol. The van der Waals surface area contributed by atoms with Crippen LogP contribution < -0.4 is 10.1 Å². The number of anilines is 1. The van der Waals surface area contributed by atoms with Gasteiger partial charge >= 0.3 is 0 Å². The smallest absolute Gasteiger partial charge is 0.234 e. The van der Waals surface area contributed by atoms with Crippen molar-refractivity contribution in [3.8, 4) is 22.8 Å². The summed E-state index contributed by atoms with van der Waals surface area (Å²) in [5.41, 5.74) is 3.52. The van der Waals surface area contributed by atoms with Crippen LogP contribution in [-0.2, 0) is 4.79 Å². The summed E-state index contributed by atoms with van der Waals surface area (Å²) in [5.74, 6) is 1.31. The second-order valence-corrected chi connectivity index (χ2v) is 7.65. The minimum Gasteiger partial charge on any atom is -0.495 e. The minimum atomic E-state index is -0.156. The van der Waals surface area contributed by atoms with Crippen LogP contribution in [-0.4, -0.2) is 38.5 Å². The van der Waals surface area contributed by atoms with Gasteiger partial charge in [-0.25, -0.2) is 0 Å². The normalized spacial score (nSPS) is 10.6. The molecule has 2 aromatic carbocycles. The third-order valence-corrected chi connectivity index (χ3v) is 5.55. The number of nitrogens with one attached hydrogen (secondary N) is 1. The Bertz CT molecular complexity index is 1190. The van der Waals surface area contributed by atoms with Crippen LogP contribution in [0.1, 0.15) is 5.56 Å². The topological polar surface area (TPSA) is 81.9 Å². The number of amides is 1. The van der Waals surface area contributed by atoms with Gasteiger partial charge in [0.15, 0.2) is 11.0 Å². The lowest BCUT2D eigenvalue weighted by molar-refractivity contribution is -0.113. The van der Waals surface area contributed by atoms with Crippen LogP contribution in [0.2, 0.25) is 0 Å². The van der Waals surface area contributed by atoms with Crippen molar-refractivity contribution in [2.75, 3.05) is 18.2 Å². The van der Waals surface area contributed by atoms with Gasteiger partial charge in [-0.2, -0.15) is 0 Å². The van der Waals surface area contributed by atoms with E-state index in [2.05, 4.69) is 20.5 Å². The van der Waals surface area contributed by atoms with Crippen LogP contribution in [0.5, 0.6) is 5.75 Å². The number of aromatic nitrogens is 4. The molecule has 1 N–H and O–H groups in total. The summed E-state index contributed by atoms with van der Waals surface area (Å²) in [4.78, 5) is 16.8. The van der Waals surface area contributed by atoms with E-state index in [4.69, 9.17) is 4.74 Å². The molecule has 0 bridgehead atoms. The van der Waals surface area contributed by atoms with Crippen molar-refractivity contribution in [2.45, 2.75) is 12.1 Å². The van der Waals surface area contributed by atoms with Crippen molar-refractivity contribution in [1.29, 1.82) is 0 Å². The van der Waals surface area contributed by atoms with Crippen molar-refractivity contribution in [3.63, 3.8) is 0 Å². The quantitative estimate of drug-likeness (QED) is 0.438. The number of hydrogen-bond donors (Lipinski definition) is 1. The van der Waals surface area contributed by atoms with E-state index in [0.717, 1.165) is 16.8 Å². The van der Waals surface area contributed by atoms with Gasteiger partial charge in [-0.15, -0.1) is 10.2 Å². The Labute approximate surface area is 184 Å². The van der Waals surface area contributed by atoms with Gasteiger partial charge in [0.2, 0.25) is 5.91 Å². The Balaban J connectivity index is 1.61. The standard InChI is InChI=1S/C23H21N5O2S/c1-16-8-3-5-11-19(16)28-22(17-9-7-13-24-14-17)26-27-23(28)31-15-21(29)25-18-10-4-6-12-20(18)30-2/h3-14H,15H2,1-2H3,(H,25,29). The maximum atomic E-state index is 12.6. The number of pyridine rings is 1. The van der Waals surface area contributed by atoms with Crippen LogP contribution in [0.4, 0.5) is 5.69 Å². The van der Waals surface area contributed by atoms with Gasteiger partial charge < -0.3 is 10.1 Å².